The summed E-state index contributed by atoms with van der Waals surface area (Å²) in [6, 6.07) is 12.9. The number of carbonyl (C=O) groups is 1. The monoisotopic (exact) mass is 450 g/mol. The van der Waals surface area contributed by atoms with Crippen LogP contribution >= 0.6 is 24.8 Å². The van der Waals surface area contributed by atoms with Gasteiger partial charge in [0.15, 0.2) is 0 Å². The molecule has 1 aliphatic carbocycles. The summed E-state index contributed by atoms with van der Waals surface area (Å²) in [5.41, 5.74) is 4.01. The first-order valence-electron chi connectivity index (χ1n) is 10.3. The fourth-order valence-electron chi connectivity index (χ4n) is 4.02. The summed E-state index contributed by atoms with van der Waals surface area (Å²) in [7, 11) is 3.54. The number of rotatable bonds is 5. The third-order valence-electron chi connectivity index (χ3n) is 6.08. The van der Waals surface area contributed by atoms with Crippen molar-refractivity contribution in [1.29, 1.82) is 0 Å². The SMILES string of the molecule is CN(C)C(=O)c1ccc(-c2ccc(CN3CCN(C4CCC4)CC3)nc2)cc1.Cl.Cl. The Bertz CT molecular complexity index is 799. The lowest BCUT2D eigenvalue weighted by Gasteiger charge is -2.42. The summed E-state index contributed by atoms with van der Waals surface area (Å²) in [6.07, 6.45) is 6.15. The van der Waals surface area contributed by atoms with E-state index in [2.05, 4.69) is 26.9 Å². The van der Waals surface area contributed by atoms with Crippen molar-refractivity contribution >= 4 is 30.7 Å². The highest BCUT2D eigenvalue weighted by molar-refractivity contribution is 5.94. The van der Waals surface area contributed by atoms with Crippen molar-refractivity contribution in [2.24, 2.45) is 0 Å². The molecular formula is C23H32Cl2N4O. The first kappa shape index (κ1) is 24.6. The van der Waals surface area contributed by atoms with Gasteiger partial charge in [0.1, 0.15) is 0 Å². The lowest BCUT2D eigenvalue weighted by atomic mass is 9.91. The van der Waals surface area contributed by atoms with E-state index in [9.17, 15) is 4.79 Å². The maximum Gasteiger partial charge on any atom is 0.253 e. The smallest absolute Gasteiger partial charge is 0.253 e. The summed E-state index contributed by atoms with van der Waals surface area (Å²) in [5, 5.41) is 0. The highest BCUT2D eigenvalue weighted by atomic mass is 35.5. The summed E-state index contributed by atoms with van der Waals surface area (Å²) in [5.74, 6) is 0.0254. The fraction of sp³-hybridized carbons (Fsp3) is 0.478. The molecule has 2 aliphatic rings. The van der Waals surface area contributed by atoms with Gasteiger partial charge in [-0.1, -0.05) is 24.6 Å². The zero-order valence-corrected chi connectivity index (χ0v) is 19.4. The Morgan fingerprint density at radius 1 is 0.967 bits per heavy atom. The first-order valence-corrected chi connectivity index (χ1v) is 10.3. The van der Waals surface area contributed by atoms with E-state index in [0.29, 0.717) is 5.56 Å². The summed E-state index contributed by atoms with van der Waals surface area (Å²) in [4.78, 5) is 23.5. The van der Waals surface area contributed by atoms with Crippen molar-refractivity contribution in [2.75, 3.05) is 40.3 Å². The first-order chi connectivity index (χ1) is 13.6. The number of carbonyl (C=O) groups excluding carboxylic acids is 1. The molecule has 2 fully saturated rings. The molecule has 0 N–H and O–H groups in total. The molecule has 1 saturated carbocycles. The number of halogens is 2. The van der Waals surface area contributed by atoms with Gasteiger partial charge in [0, 0.05) is 70.2 Å². The van der Waals surface area contributed by atoms with Gasteiger partial charge in [0.25, 0.3) is 5.91 Å². The van der Waals surface area contributed by atoms with Gasteiger partial charge < -0.3 is 4.90 Å². The van der Waals surface area contributed by atoms with Gasteiger partial charge >= 0.3 is 0 Å². The normalized spacial score (nSPS) is 17.4. The number of pyridine rings is 1. The van der Waals surface area contributed by atoms with Crippen molar-refractivity contribution in [3.05, 3.63) is 53.9 Å². The zero-order chi connectivity index (χ0) is 19.5. The van der Waals surface area contributed by atoms with E-state index in [-0.39, 0.29) is 30.7 Å². The van der Waals surface area contributed by atoms with Crippen LogP contribution in [0.2, 0.25) is 0 Å². The Labute approximate surface area is 192 Å². The maximum absolute atomic E-state index is 12.0. The predicted molar refractivity (Wildman–Crippen MR) is 127 cm³/mol. The molecule has 0 atom stereocenters. The van der Waals surface area contributed by atoms with E-state index >= 15 is 0 Å². The standard InChI is InChI=1S/C23H30N4O.2ClH/c1-25(2)23(28)19-8-6-18(7-9-19)20-10-11-21(24-16-20)17-26-12-14-27(15-13-26)22-4-3-5-22;;/h6-11,16,22H,3-5,12-15,17H2,1-2H3;2*1H. The molecule has 164 valence electrons. The molecule has 1 aromatic carbocycles. The number of hydrogen-bond donors (Lipinski definition) is 0. The number of nitrogens with zero attached hydrogens (tertiary/aromatic N) is 4. The average molecular weight is 451 g/mol. The Kier molecular flexibility index (Phi) is 9.10. The number of piperazine rings is 1. The molecule has 0 radical (unpaired) electrons. The van der Waals surface area contributed by atoms with Crippen molar-refractivity contribution in [2.45, 2.75) is 31.8 Å². The second-order valence-electron chi connectivity index (χ2n) is 8.21. The van der Waals surface area contributed by atoms with E-state index in [0.717, 1.165) is 42.5 Å². The number of hydrogen-bond acceptors (Lipinski definition) is 4. The van der Waals surface area contributed by atoms with Gasteiger partial charge in [0.2, 0.25) is 0 Å². The molecule has 0 spiro atoms. The Balaban J connectivity index is 0.00000160. The molecule has 5 nitrogen and oxygen atoms in total. The summed E-state index contributed by atoms with van der Waals surface area (Å²) < 4.78 is 0. The predicted octanol–water partition coefficient (Wildman–Crippen LogP) is 3.96. The molecule has 1 amide bonds. The Morgan fingerprint density at radius 3 is 2.10 bits per heavy atom. The second-order valence-corrected chi connectivity index (χ2v) is 8.21. The largest absolute Gasteiger partial charge is 0.345 e. The number of aromatic nitrogens is 1. The highest BCUT2D eigenvalue weighted by Gasteiger charge is 2.27. The van der Waals surface area contributed by atoms with Crippen LogP contribution in [0.15, 0.2) is 42.6 Å². The van der Waals surface area contributed by atoms with Gasteiger partial charge in [-0.2, -0.15) is 0 Å². The van der Waals surface area contributed by atoms with Crippen molar-refractivity contribution < 1.29 is 4.79 Å². The average Bonchev–Trinajstić information content (AvgIpc) is 2.68. The van der Waals surface area contributed by atoms with Crippen LogP contribution in [-0.4, -0.2) is 71.9 Å². The van der Waals surface area contributed by atoms with E-state index in [1.54, 1.807) is 19.0 Å². The van der Waals surface area contributed by atoms with Gasteiger partial charge in [0.05, 0.1) is 5.69 Å². The third kappa shape index (κ3) is 5.73. The van der Waals surface area contributed by atoms with E-state index in [1.807, 2.05) is 30.5 Å². The molecule has 0 bridgehead atoms. The van der Waals surface area contributed by atoms with Crippen LogP contribution in [0.1, 0.15) is 35.3 Å². The van der Waals surface area contributed by atoms with Crippen LogP contribution in [0.3, 0.4) is 0 Å². The highest BCUT2D eigenvalue weighted by Crippen LogP contribution is 2.26. The van der Waals surface area contributed by atoms with Crippen LogP contribution in [0.5, 0.6) is 0 Å². The van der Waals surface area contributed by atoms with E-state index in [1.165, 1.54) is 32.4 Å². The molecular weight excluding hydrogens is 419 g/mol. The van der Waals surface area contributed by atoms with Crippen molar-refractivity contribution in [3.8, 4) is 11.1 Å². The van der Waals surface area contributed by atoms with E-state index < -0.39 is 0 Å². The van der Waals surface area contributed by atoms with Crippen LogP contribution < -0.4 is 0 Å². The Morgan fingerprint density at radius 2 is 1.60 bits per heavy atom. The molecule has 2 heterocycles. The van der Waals surface area contributed by atoms with Gasteiger partial charge in [-0.05, 0) is 36.6 Å². The second kappa shape index (κ2) is 11.1. The maximum atomic E-state index is 12.0. The molecule has 1 aromatic heterocycles. The quantitative estimate of drug-likeness (QED) is 0.690. The summed E-state index contributed by atoms with van der Waals surface area (Å²) >= 11 is 0. The third-order valence-corrected chi connectivity index (χ3v) is 6.08. The van der Waals surface area contributed by atoms with Crippen LogP contribution in [0.4, 0.5) is 0 Å². The van der Waals surface area contributed by atoms with Gasteiger partial charge in [-0.25, -0.2) is 0 Å². The van der Waals surface area contributed by atoms with Gasteiger partial charge in [-0.3, -0.25) is 19.6 Å². The molecule has 2 aromatic rings. The zero-order valence-electron chi connectivity index (χ0n) is 17.8. The number of amides is 1. The minimum Gasteiger partial charge on any atom is -0.345 e. The molecule has 7 heteroatoms. The van der Waals surface area contributed by atoms with Crippen molar-refractivity contribution in [1.82, 2.24) is 19.7 Å². The molecule has 0 unspecified atom stereocenters. The molecule has 1 saturated heterocycles. The van der Waals surface area contributed by atoms with Gasteiger partial charge in [-0.15, -0.1) is 24.8 Å². The lowest BCUT2D eigenvalue weighted by Crippen LogP contribution is -2.51. The minimum atomic E-state index is 0. The molecule has 4 rings (SSSR count). The van der Waals surface area contributed by atoms with Crippen LogP contribution in [0, 0.1) is 0 Å². The topological polar surface area (TPSA) is 39.7 Å². The minimum absolute atomic E-state index is 0. The molecule has 30 heavy (non-hydrogen) atoms. The van der Waals surface area contributed by atoms with Crippen LogP contribution in [0.25, 0.3) is 11.1 Å². The number of benzene rings is 1. The fourth-order valence-corrected chi connectivity index (χ4v) is 4.02. The van der Waals surface area contributed by atoms with E-state index in [4.69, 9.17) is 0 Å². The molecule has 1 aliphatic heterocycles. The summed E-state index contributed by atoms with van der Waals surface area (Å²) in [6.45, 7) is 5.60. The van der Waals surface area contributed by atoms with Crippen LogP contribution in [-0.2, 0) is 6.54 Å². The lowest BCUT2D eigenvalue weighted by molar-refractivity contribution is 0.0583. The van der Waals surface area contributed by atoms with Crippen molar-refractivity contribution in [3.63, 3.8) is 0 Å². The Hall–Kier alpha value is -1.66.